The Kier molecular flexibility index (Phi) is 4.95. The van der Waals surface area contributed by atoms with Crippen molar-refractivity contribution in [1.82, 2.24) is 14.9 Å². The van der Waals surface area contributed by atoms with Crippen LogP contribution in [0, 0.1) is 18.6 Å². The molecule has 2 aromatic carbocycles. The molecule has 1 aromatic heterocycles. The summed E-state index contributed by atoms with van der Waals surface area (Å²) in [6, 6.07) is 12.8. The number of benzene rings is 2. The predicted octanol–water partition coefficient (Wildman–Crippen LogP) is 3.72. The van der Waals surface area contributed by atoms with Crippen LogP contribution in [-0.4, -0.2) is 26.2 Å². The minimum Gasteiger partial charge on any atom is -0.508 e. The number of hydrogen-bond acceptors (Lipinski definition) is 5. The molecule has 128 valence electrons. The number of nitrogens with one attached hydrogen (secondary N) is 1. The molecule has 0 radical (unpaired) electrons. The molecule has 7 heteroatoms. The van der Waals surface area contributed by atoms with E-state index in [1.807, 2.05) is 32.0 Å². The van der Waals surface area contributed by atoms with Gasteiger partial charge < -0.3 is 9.84 Å². The van der Waals surface area contributed by atoms with Crippen LogP contribution in [0.25, 0.3) is 0 Å². The molecule has 6 nitrogen and oxygen atoms in total. The maximum atomic E-state index is 9.51. The van der Waals surface area contributed by atoms with Crippen LogP contribution >= 0.6 is 12.2 Å². The zero-order valence-corrected chi connectivity index (χ0v) is 14.7. The van der Waals surface area contributed by atoms with E-state index in [0.29, 0.717) is 10.6 Å². The van der Waals surface area contributed by atoms with Crippen molar-refractivity contribution >= 4 is 18.4 Å². The number of rotatable bonds is 5. The molecule has 0 saturated heterocycles. The highest BCUT2D eigenvalue weighted by Gasteiger charge is 2.07. The Morgan fingerprint density at radius 1 is 1.28 bits per heavy atom. The van der Waals surface area contributed by atoms with Crippen molar-refractivity contribution in [2.45, 2.75) is 20.5 Å². The van der Waals surface area contributed by atoms with Gasteiger partial charge in [-0.1, -0.05) is 29.8 Å². The Balaban J connectivity index is 1.78. The molecule has 0 fully saturated rings. The Hall–Kier alpha value is -2.93. The molecule has 0 atom stereocenters. The lowest BCUT2D eigenvalue weighted by molar-refractivity contribution is 0.288. The normalized spacial score (nSPS) is 11.1. The first kappa shape index (κ1) is 16.9. The number of phenols is 1. The number of aryl methyl sites for hydroxylation is 2. The fraction of sp³-hybridized carbons (Fsp3) is 0.167. The first-order valence-corrected chi connectivity index (χ1v) is 8.13. The quantitative estimate of drug-likeness (QED) is 0.541. The van der Waals surface area contributed by atoms with Gasteiger partial charge in [-0.05, 0) is 55.4 Å². The molecule has 0 aliphatic rings. The number of hydrogen-bond donors (Lipinski definition) is 2. The second-order valence-electron chi connectivity index (χ2n) is 5.65. The van der Waals surface area contributed by atoms with Crippen LogP contribution in [0.5, 0.6) is 11.5 Å². The van der Waals surface area contributed by atoms with Gasteiger partial charge in [0.05, 0.1) is 6.21 Å². The number of aromatic amines is 1. The van der Waals surface area contributed by atoms with E-state index in [4.69, 9.17) is 17.0 Å². The summed E-state index contributed by atoms with van der Waals surface area (Å²) in [4.78, 5) is 0. The SMILES string of the molecule is Cc1ccc(OCc2n[nH]c(=S)n2/N=C\c2cccc(O)c2)c(C)c1. The summed E-state index contributed by atoms with van der Waals surface area (Å²) in [5.74, 6) is 1.53. The van der Waals surface area contributed by atoms with Crippen molar-refractivity contribution < 1.29 is 9.84 Å². The van der Waals surface area contributed by atoms with Crippen molar-refractivity contribution in [3.63, 3.8) is 0 Å². The van der Waals surface area contributed by atoms with E-state index >= 15 is 0 Å². The van der Waals surface area contributed by atoms with E-state index in [2.05, 4.69) is 21.4 Å². The van der Waals surface area contributed by atoms with Gasteiger partial charge in [0.15, 0.2) is 5.82 Å². The Morgan fingerprint density at radius 2 is 2.12 bits per heavy atom. The average molecular weight is 354 g/mol. The van der Waals surface area contributed by atoms with Crippen molar-refractivity contribution in [3.05, 3.63) is 69.8 Å². The molecule has 0 unspecified atom stereocenters. The molecule has 3 rings (SSSR count). The van der Waals surface area contributed by atoms with Crippen molar-refractivity contribution in [3.8, 4) is 11.5 Å². The van der Waals surface area contributed by atoms with Gasteiger partial charge in [0.1, 0.15) is 18.1 Å². The fourth-order valence-corrected chi connectivity index (χ4v) is 2.57. The lowest BCUT2D eigenvalue weighted by Gasteiger charge is -2.09. The summed E-state index contributed by atoms with van der Waals surface area (Å²) in [5.41, 5.74) is 3.00. The molecule has 0 bridgehead atoms. The van der Waals surface area contributed by atoms with Crippen molar-refractivity contribution in [2.24, 2.45) is 5.10 Å². The summed E-state index contributed by atoms with van der Waals surface area (Å²) >= 11 is 5.21. The van der Waals surface area contributed by atoms with Gasteiger partial charge in [0.2, 0.25) is 4.77 Å². The minimum atomic E-state index is 0.179. The lowest BCUT2D eigenvalue weighted by Crippen LogP contribution is -2.05. The highest BCUT2D eigenvalue weighted by molar-refractivity contribution is 7.71. The average Bonchev–Trinajstić information content (AvgIpc) is 2.92. The summed E-state index contributed by atoms with van der Waals surface area (Å²) in [6.07, 6.45) is 1.60. The number of aromatic nitrogens is 3. The largest absolute Gasteiger partial charge is 0.508 e. The number of phenolic OH excluding ortho intramolecular Hbond substituents is 1. The van der Waals surface area contributed by atoms with Crippen LogP contribution in [-0.2, 0) is 6.61 Å². The third-order valence-electron chi connectivity index (χ3n) is 3.60. The second kappa shape index (κ2) is 7.31. The van der Waals surface area contributed by atoms with E-state index in [9.17, 15) is 5.11 Å². The molecule has 0 saturated carbocycles. The van der Waals surface area contributed by atoms with E-state index in [1.165, 1.54) is 10.2 Å². The van der Waals surface area contributed by atoms with Crippen LogP contribution in [0.4, 0.5) is 0 Å². The second-order valence-corrected chi connectivity index (χ2v) is 6.04. The maximum absolute atomic E-state index is 9.51. The van der Waals surface area contributed by atoms with Crippen LogP contribution in [0.3, 0.4) is 0 Å². The van der Waals surface area contributed by atoms with Crippen LogP contribution in [0.15, 0.2) is 47.6 Å². The Morgan fingerprint density at radius 3 is 2.88 bits per heavy atom. The molecule has 0 amide bonds. The number of H-pyrrole nitrogens is 1. The van der Waals surface area contributed by atoms with Crippen molar-refractivity contribution in [1.29, 1.82) is 0 Å². The van der Waals surface area contributed by atoms with Crippen LogP contribution in [0.2, 0.25) is 0 Å². The summed E-state index contributed by atoms with van der Waals surface area (Å²) in [6.45, 7) is 4.27. The topological polar surface area (TPSA) is 75.4 Å². The Labute approximate surface area is 150 Å². The highest BCUT2D eigenvalue weighted by Crippen LogP contribution is 2.19. The third-order valence-corrected chi connectivity index (χ3v) is 3.86. The monoisotopic (exact) mass is 354 g/mol. The van der Waals surface area contributed by atoms with E-state index < -0.39 is 0 Å². The van der Waals surface area contributed by atoms with Gasteiger partial charge in [-0.15, -0.1) is 0 Å². The molecule has 3 aromatic rings. The molecule has 0 spiro atoms. The number of ether oxygens (including phenoxy) is 1. The van der Waals surface area contributed by atoms with Crippen molar-refractivity contribution in [2.75, 3.05) is 0 Å². The molecule has 0 aliphatic heterocycles. The Bertz CT molecular complexity index is 975. The van der Waals surface area contributed by atoms with E-state index in [0.717, 1.165) is 16.9 Å². The van der Waals surface area contributed by atoms with Crippen LogP contribution < -0.4 is 4.74 Å². The number of aromatic hydroxyl groups is 1. The standard InChI is InChI=1S/C18H18N4O2S/c1-12-6-7-16(13(2)8-12)24-11-17-20-21-18(25)22(17)19-10-14-4-3-5-15(23)9-14/h3-10,23H,11H2,1-2H3,(H,21,25)/b19-10-. The molecule has 25 heavy (non-hydrogen) atoms. The van der Waals surface area contributed by atoms with Gasteiger partial charge in [-0.2, -0.15) is 14.9 Å². The number of nitrogens with zero attached hydrogens (tertiary/aromatic N) is 3. The van der Waals surface area contributed by atoms with Gasteiger partial charge in [-0.3, -0.25) is 0 Å². The van der Waals surface area contributed by atoms with Gasteiger partial charge in [0.25, 0.3) is 0 Å². The lowest BCUT2D eigenvalue weighted by atomic mass is 10.1. The summed E-state index contributed by atoms with van der Waals surface area (Å²) in [5, 5.41) is 20.7. The minimum absolute atomic E-state index is 0.179. The fourth-order valence-electron chi connectivity index (χ4n) is 2.37. The summed E-state index contributed by atoms with van der Waals surface area (Å²) in [7, 11) is 0. The van der Waals surface area contributed by atoms with Gasteiger partial charge >= 0.3 is 0 Å². The molecule has 2 N–H and O–H groups in total. The zero-order chi connectivity index (χ0) is 17.8. The summed E-state index contributed by atoms with van der Waals surface area (Å²) < 4.78 is 7.71. The molecule has 0 aliphatic carbocycles. The third kappa shape index (κ3) is 4.13. The predicted molar refractivity (Wildman–Crippen MR) is 98.8 cm³/mol. The molecular formula is C18H18N4O2S. The van der Waals surface area contributed by atoms with Gasteiger partial charge in [-0.25, -0.2) is 5.10 Å². The first-order chi connectivity index (χ1) is 12.0. The van der Waals surface area contributed by atoms with Gasteiger partial charge in [0, 0.05) is 0 Å². The zero-order valence-electron chi connectivity index (χ0n) is 13.9. The maximum Gasteiger partial charge on any atom is 0.216 e. The van der Waals surface area contributed by atoms with Crippen LogP contribution in [0.1, 0.15) is 22.5 Å². The van der Waals surface area contributed by atoms with E-state index in [1.54, 1.807) is 24.4 Å². The smallest absolute Gasteiger partial charge is 0.216 e. The highest BCUT2D eigenvalue weighted by atomic mass is 32.1. The molecule has 1 heterocycles. The van der Waals surface area contributed by atoms with E-state index in [-0.39, 0.29) is 12.4 Å². The first-order valence-electron chi connectivity index (χ1n) is 7.72. The molecular weight excluding hydrogens is 336 g/mol.